The molecule has 0 spiro atoms. The van der Waals surface area contributed by atoms with Gasteiger partial charge in [0.1, 0.15) is 5.78 Å². The highest BCUT2D eigenvalue weighted by molar-refractivity contribution is 5.91. The van der Waals surface area contributed by atoms with Gasteiger partial charge < -0.3 is 5.32 Å². The van der Waals surface area contributed by atoms with E-state index in [9.17, 15) is 9.59 Å². The molecule has 1 saturated carbocycles. The third-order valence-electron chi connectivity index (χ3n) is 5.49. The van der Waals surface area contributed by atoms with Gasteiger partial charge in [0.05, 0.1) is 24.0 Å². The molecular weight excluding hydrogens is 406 g/mol. The fraction of sp³-hybridized carbons (Fsp3) is 0.435. The molecule has 166 valence electrons. The fourth-order valence-electron chi connectivity index (χ4n) is 3.57. The number of hydrogen-bond donors (Lipinski definition) is 1. The van der Waals surface area contributed by atoms with E-state index in [0.29, 0.717) is 30.3 Å². The van der Waals surface area contributed by atoms with Crippen LogP contribution in [0.25, 0.3) is 0 Å². The van der Waals surface area contributed by atoms with Gasteiger partial charge in [0.2, 0.25) is 0 Å². The smallest absolute Gasteiger partial charge is 0.273 e. The number of rotatable bonds is 11. The zero-order valence-electron chi connectivity index (χ0n) is 18.2. The number of carbonyl (C=O) groups excluding carboxylic acids is 2. The van der Waals surface area contributed by atoms with Gasteiger partial charge in [-0.15, -0.1) is 5.10 Å². The summed E-state index contributed by atoms with van der Waals surface area (Å²) in [6.07, 6.45) is 9.08. The molecule has 3 aromatic rings. The van der Waals surface area contributed by atoms with Crippen molar-refractivity contribution in [1.82, 2.24) is 35.5 Å². The molecule has 32 heavy (non-hydrogen) atoms. The molecule has 1 amide bonds. The number of hydrogen-bond acceptors (Lipinski definition) is 7. The topological polar surface area (TPSA) is 116 Å². The normalized spacial score (nSPS) is 13.2. The van der Waals surface area contributed by atoms with Gasteiger partial charge in [-0.1, -0.05) is 5.21 Å². The minimum atomic E-state index is -0.242. The lowest BCUT2D eigenvalue weighted by Crippen LogP contribution is -2.18. The Bertz CT molecular complexity index is 1070. The van der Waals surface area contributed by atoms with Gasteiger partial charge in [-0.3, -0.25) is 19.3 Å². The Hall–Kier alpha value is -3.49. The first kappa shape index (κ1) is 21.7. The number of unbranched alkanes of at least 4 members (excludes halogenated alkanes) is 1. The minimum Gasteiger partial charge on any atom is -0.354 e. The summed E-state index contributed by atoms with van der Waals surface area (Å²) in [5.41, 5.74) is 4.02. The molecule has 3 heterocycles. The Labute approximate surface area is 186 Å². The van der Waals surface area contributed by atoms with E-state index in [-0.39, 0.29) is 18.1 Å². The van der Waals surface area contributed by atoms with Crippen molar-refractivity contribution in [2.24, 2.45) is 0 Å². The van der Waals surface area contributed by atoms with Crippen LogP contribution in [-0.4, -0.2) is 48.9 Å². The van der Waals surface area contributed by atoms with E-state index in [1.165, 1.54) is 18.4 Å². The summed E-state index contributed by atoms with van der Waals surface area (Å²) in [5, 5.41) is 18.8. The van der Waals surface area contributed by atoms with E-state index in [1.54, 1.807) is 24.1 Å². The summed E-state index contributed by atoms with van der Waals surface area (Å²) in [6, 6.07) is 7.91. The van der Waals surface area contributed by atoms with E-state index in [0.717, 1.165) is 30.7 Å². The van der Waals surface area contributed by atoms with Crippen LogP contribution in [-0.2, 0) is 30.6 Å². The van der Waals surface area contributed by atoms with Gasteiger partial charge in [0.15, 0.2) is 5.69 Å². The average molecular weight is 434 g/mol. The van der Waals surface area contributed by atoms with Gasteiger partial charge >= 0.3 is 0 Å². The van der Waals surface area contributed by atoms with Crippen molar-refractivity contribution in [3.8, 4) is 0 Å². The molecule has 3 aromatic heterocycles. The monoisotopic (exact) mass is 433 g/mol. The van der Waals surface area contributed by atoms with Crippen molar-refractivity contribution in [1.29, 1.82) is 0 Å². The lowest BCUT2D eigenvalue weighted by molar-refractivity contribution is -0.117. The Morgan fingerprint density at radius 3 is 2.56 bits per heavy atom. The van der Waals surface area contributed by atoms with Crippen LogP contribution in [0.15, 0.2) is 36.7 Å². The third kappa shape index (κ3) is 6.03. The Kier molecular flexibility index (Phi) is 6.94. The highest BCUT2D eigenvalue weighted by atomic mass is 16.2. The van der Waals surface area contributed by atoms with E-state index in [1.807, 2.05) is 18.2 Å². The number of pyridine rings is 1. The zero-order chi connectivity index (χ0) is 22.3. The zero-order valence-corrected chi connectivity index (χ0v) is 18.2. The summed E-state index contributed by atoms with van der Waals surface area (Å²) in [7, 11) is 1.56. The number of aromatic nitrogens is 6. The first-order valence-corrected chi connectivity index (χ1v) is 11.0. The van der Waals surface area contributed by atoms with Crippen LogP contribution in [0.2, 0.25) is 0 Å². The first-order chi connectivity index (χ1) is 15.6. The van der Waals surface area contributed by atoms with Crippen LogP contribution in [0.1, 0.15) is 64.7 Å². The molecule has 0 radical (unpaired) electrons. The minimum absolute atomic E-state index is 0.0939. The summed E-state index contributed by atoms with van der Waals surface area (Å²) in [5.74, 6) is 0.506. The molecule has 1 fully saturated rings. The summed E-state index contributed by atoms with van der Waals surface area (Å²) < 4.78 is 1.67. The number of ketones is 1. The van der Waals surface area contributed by atoms with Crippen molar-refractivity contribution < 1.29 is 9.59 Å². The second-order valence-electron chi connectivity index (χ2n) is 8.17. The highest BCUT2D eigenvalue weighted by Gasteiger charge is 2.23. The SMILES string of the molecule is CNC(=O)c1cn(CCCCc2ccc(CC(=O)Cc3cc(C4CC4)ccn3)nn2)nn1. The molecule has 9 nitrogen and oxygen atoms in total. The van der Waals surface area contributed by atoms with E-state index >= 15 is 0 Å². The lowest BCUT2D eigenvalue weighted by atomic mass is 10.1. The maximum atomic E-state index is 12.4. The molecule has 0 atom stereocenters. The molecule has 1 aliphatic carbocycles. The second-order valence-corrected chi connectivity index (χ2v) is 8.17. The van der Waals surface area contributed by atoms with E-state index in [2.05, 4.69) is 36.9 Å². The van der Waals surface area contributed by atoms with Gasteiger partial charge in [-0.25, -0.2) is 0 Å². The van der Waals surface area contributed by atoms with E-state index in [4.69, 9.17) is 0 Å². The summed E-state index contributed by atoms with van der Waals surface area (Å²) in [4.78, 5) is 28.3. The second kappa shape index (κ2) is 10.2. The van der Waals surface area contributed by atoms with Crippen molar-refractivity contribution in [2.75, 3.05) is 7.05 Å². The number of Topliss-reactive ketones (excluding diaryl/α,β-unsaturated/α-hetero) is 1. The van der Waals surface area contributed by atoms with Crippen molar-refractivity contribution in [2.45, 2.75) is 57.4 Å². The van der Waals surface area contributed by atoms with Gasteiger partial charge in [-0.2, -0.15) is 10.2 Å². The largest absolute Gasteiger partial charge is 0.354 e. The third-order valence-corrected chi connectivity index (χ3v) is 5.49. The number of carbonyl (C=O) groups is 2. The van der Waals surface area contributed by atoms with Gasteiger partial charge in [0.25, 0.3) is 5.91 Å². The molecule has 4 rings (SSSR count). The number of amides is 1. The Morgan fingerprint density at radius 2 is 1.81 bits per heavy atom. The molecular formula is C23H27N7O2. The van der Waals surface area contributed by atoms with Crippen LogP contribution in [0, 0.1) is 0 Å². The van der Waals surface area contributed by atoms with Crippen LogP contribution >= 0.6 is 0 Å². The molecule has 0 saturated heterocycles. The summed E-state index contributed by atoms with van der Waals surface area (Å²) in [6.45, 7) is 0.681. The quantitative estimate of drug-likeness (QED) is 0.460. The number of nitrogens with zero attached hydrogens (tertiary/aromatic N) is 6. The van der Waals surface area contributed by atoms with Crippen molar-refractivity contribution in [3.05, 3.63) is 65.0 Å². The first-order valence-electron chi connectivity index (χ1n) is 11.0. The molecule has 1 aliphatic rings. The predicted molar refractivity (Wildman–Crippen MR) is 117 cm³/mol. The molecule has 0 bridgehead atoms. The fourth-order valence-corrected chi connectivity index (χ4v) is 3.57. The van der Waals surface area contributed by atoms with Gasteiger partial charge in [-0.05, 0) is 67.9 Å². The molecule has 9 heteroatoms. The average Bonchev–Trinajstić information content (AvgIpc) is 3.55. The van der Waals surface area contributed by atoms with Crippen LogP contribution < -0.4 is 5.32 Å². The number of nitrogens with one attached hydrogen (secondary N) is 1. The van der Waals surface area contributed by atoms with Crippen LogP contribution in [0.3, 0.4) is 0 Å². The highest BCUT2D eigenvalue weighted by Crippen LogP contribution is 2.39. The van der Waals surface area contributed by atoms with Crippen molar-refractivity contribution >= 4 is 11.7 Å². The molecule has 0 aromatic carbocycles. The van der Waals surface area contributed by atoms with Crippen molar-refractivity contribution in [3.63, 3.8) is 0 Å². The molecule has 0 aliphatic heterocycles. The maximum absolute atomic E-state index is 12.4. The van der Waals surface area contributed by atoms with Crippen LogP contribution in [0.4, 0.5) is 0 Å². The molecule has 0 unspecified atom stereocenters. The standard InChI is InChI=1S/C23H27N7O2/c1-24-23(32)22-15-30(29-28-22)11-3-2-4-18-7-8-19(27-26-18)13-21(31)14-20-12-17(9-10-25-20)16-5-6-16/h7-10,12,15-16H,2-6,11,13-14H2,1H3,(H,24,32). The van der Waals surface area contributed by atoms with E-state index < -0.39 is 0 Å². The Balaban J connectivity index is 1.19. The van der Waals surface area contributed by atoms with Gasteiger partial charge in [0, 0.05) is 31.9 Å². The van der Waals surface area contributed by atoms with Crippen LogP contribution in [0.5, 0.6) is 0 Å². The Morgan fingerprint density at radius 1 is 1.03 bits per heavy atom. The molecule has 1 N–H and O–H groups in total. The number of aryl methyl sites for hydroxylation is 2. The lowest BCUT2D eigenvalue weighted by Gasteiger charge is -2.04. The maximum Gasteiger partial charge on any atom is 0.273 e. The summed E-state index contributed by atoms with van der Waals surface area (Å²) >= 11 is 0. The predicted octanol–water partition coefficient (Wildman–Crippen LogP) is 2.08.